The van der Waals surface area contributed by atoms with E-state index < -0.39 is 0 Å². The molecule has 1 rings (SSSR count). The topological polar surface area (TPSA) is 52.6 Å². The predicted molar refractivity (Wildman–Crippen MR) is 72.8 cm³/mol. The number of hydrogen-bond donors (Lipinski definition) is 2. The summed E-state index contributed by atoms with van der Waals surface area (Å²) in [5, 5.41) is 12.2. The van der Waals surface area contributed by atoms with Crippen LogP contribution in [0.5, 0.6) is 5.75 Å². The van der Waals surface area contributed by atoms with Gasteiger partial charge in [0.2, 0.25) is 0 Å². The first-order valence-electron chi connectivity index (χ1n) is 6.14. The van der Waals surface area contributed by atoms with E-state index in [-0.39, 0.29) is 17.7 Å². The van der Waals surface area contributed by atoms with Crippen molar-refractivity contribution in [2.75, 3.05) is 20.6 Å². The lowest BCUT2D eigenvalue weighted by molar-refractivity contribution is 0.0916. The number of nitrogens with one attached hydrogen (secondary N) is 1. The smallest absolute Gasteiger partial charge is 0.251 e. The third-order valence-corrected chi connectivity index (χ3v) is 2.81. The van der Waals surface area contributed by atoms with Crippen LogP contribution in [0.2, 0.25) is 0 Å². The maximum atomic E-state index is 12.0. The van der Waals surface area contributed by atoms with Crippen LogP contribution in [0.15, 0.2) is 24.3 Å². The summed E-state index contributed by atoms with van der Waals surface area (Å²) in [4.78, 5) is 14.1. The highest BCUT2D eigenvalue weighted by Crippen LogP contribution is 2.10. The summed E-state index contributed by atoms with van der Waals surface area (Å²) < 4.78 is 0. The number of phenolic OH excluding ortho intramolecular Hbond substituents is 1. The van der Waals surface area contributed by atoms with Crippen molar-refractivity contribution in [3.63, 3.8) is 0 Å². The molecular formula is C14H22N2O2. The van der Waals surface area contributed by atoms with Gasteiger partial charge in [0, 0.05) is 18.2 Å². The van der Waals surface area contributed by atoms with E-state index in [2.05, 4.69) is 24.1 Å². The SMILES string of the molecule is CC(C)C(CN(C)C)NC(=O)c1ccc(O)cc1. The molecule has 4 heteroatoms. The molecule has 1 aromatic carbocycles. The Kier molecular flexibility index (Phi) is 5.16. The molecule has 1 atom stereocenters. The number of nitrogens with zero attached hydrogens (tertiary/aromatic N) is 1. The summed E-state index contributed by atoms with van der Waals surface area (Å²) in [6, 6.07) is 6.40. The normalized spacial score (nSPS) is 12.8. The Bertz CT molecular complexity index is 385. The zero-order valence-electron chi connectivity index (χ0n) is 11.5. The zero-order chi connectivity index (χ0) is 13.7. The molecule has 0 radical (unpaired) electrons. The standard InChI is InChI=1S/C14H22N2O2/c1-10(2)13(9-16(3)4)15-14(18)11-5-7-12(17)8-6-11/h5-8,10,13,17H,9H2,1-4H3,(H,15,18). The molecule has 0 saturated heterocycles. The first-order valence-corrected chi connectivity index (χ1v) is 6.14. The second-order valence-electron chi connectivity index (χ2n) is 5.13. The lowest BCUT2D eigenvalue weighted by Crippen LogP contribution is -2.44. The van der Waals surface area contributed by atoms with Gasteiger partial charge in [0.1, 0.15) is 5.75 Å². The largest absolute Gasteiger partial charge is 0.508 e. The van der Waals surface area contributed by atoms with Crippen molar-refractivity contribution in [3.05, 3.63) is 29.8 Å². The summed E-state index contributed by atoms with van der Waals surface area (Å²) in [6.07, 6.45) is 0. The molecule has 0 aliphatic heterocycles. The Morgan fingerprint density at radius 2 is 1.83 bits per heavy atom. The van der Waals surface area contributed by atoms with Crippen molar-refractivity contribution < 1.29 is 9.90 Å². The molecule has 0 saturated carbocycles. The second kappa shape index (κ2) is 6.40. The van der Waals surface area contributed by atoms with Crippen LogP contribution in [-0.2, 0) is 0 Å². The van der Waals surface area contributed by atoms with Crippen molar-refractivity contribution in [2.24, 2.45) is 5.92 Å². The molecular weight excluding hydrogens is 228 g/mol. The fourth-order valence-corrected chi connectivity index (χ4v) is 1.68. The van der Waals surface area contributed by atoms with Gasteiger partial charge >= 0.3 is 0 Å². The van der Waals surface area contributed by atoms with Crippen LogP contribution in [0.3, 0.4) is 0 Å². The number of benzene rings is 1. The molecule has 100 valence electrons. The fraction of sp³-hybridized carbons (Fsp3) is 0.500. The summed E-state index contributed by atoms with van der Waals surface area (Å²) in [7, 11) is 3.98. The lowest BCUT2D eigenvalue weighted by Gasteiger charge is -2.25. The first kappa shape index (κ1) is 14.5. The summed E-state index contributed by atoms with van der Waals surface area (Å²) in [6.45, 7) is 4.98. The van der Waals surface area contributed by atoms with Gasteiger partial charge in [-0.05, 0) is 44.3 Å². The average Bonchev–Trinajstić information content (AvgIpc) is 2.28. The summed E-state index contributed by atoms with van der Waals surface area (Å²) in [5.74, 6) is 0.435. The minimum Gasteiger partial charge on any atom is -0.508 e. The molecule has 0 aromatic heterocycles. The predicted octanol–water partition coefficient (Wildman–Crippen LogP) is 1.71. The molecule has 0 aliphatic carbocycles. The highest BCUT2D eigenvalue weighted by atomic mass is 16.3. The van der Waals surface area contributed by atoms with Crippen molar-refractivity contribution in [1.29, 1.82) is 0 Å². The van der Waals surface area contributed by atoms with Gasteiger partial charge in [-0.3, -0.25) is 4.79 Å². The molecule has 0 aliphatic rings. The van der Waals surface area contributed by atoms with Crippen LogP contribution in [-0.4, -0.2) is 42.6 Å². The highest BCUT2D eigenvalue weighted by molar-refractivity contribution is 5.94. The summed E-state index contributed by atoms with van der Waals surface area (Å²) >= 11 is 0. The number of carbonyl (C=O) groups excluding carboxylic acids is 1. The number of amides is 1. The fourth-order valence-electron chi connectivity index (χ4n) is 1.68. The number of hydrogen-bond acceptors (Lipinski definition) is 3. The maximum absolute atomic E-state index is 12.0. The quantitative estimate of drug-likeness (QED) is 0.836. The van der Waals surface area contributed by atoms with Crippen LogP contribution in [0, 0.1) is 5.92 Å². The molecule has 18 heavy (non-hydrogen) atoms. The van der Waals surface area contributed by atoms with E-state index in [0.717, 1.165) is 6.54 Å². The third kappa shape index (κ3) is 4.37. The van der Waals surface area contributed by atoms with Gasteiger partial charge in [0.05, 0.1) is 0 Å². The van der Waals surface area contributed by atoms with Crippen LogP contribution in [0.1, 0.15) is 24.2 Å². The van der Waals surface area contributed by atoms with E-state index in [0.29, 0.717) is 11.5 Å². The van der Waals surface area contributed by atoms with Crippen LogP contribution in [0.25, 0.3) is 0 Å². The molecule has 0 spiro atoms. The second-order valence-corrected chi connectivity index (χ2v) is 5.13. The van der Waals surface area contributed by atoms with Crippen LogP contribution in [0.4, 0.5) is 0 Å². The third-order valence-electron chi connectivity index (χ3n) is 2.81. The van der Waals surface area contributed by atoms with Crippen LogP contribution < -0.4 is 5.32 Å². The van der Waals surface area contributed by atoms with Crippen molar-refractivity contribution in [2.45, 2.75) is 19.9 Å². The Balaban J connectivity index is 2.69. The number of aromatic hydroxyl groups is 1. The number of phenols is 1. The first-order chi connectivity index (χ1) is 8.40. The van der Waals surface area contributed by atoms with E-state index in [1.807, 2.05) is 14.1 Å². The van der Waals surface area contributed by atoms with E-state index in [4.69, 9.17) is 0 Å². The van der Waals surface area contributed by atoms with Crippen molar-refractivity contribution in [3.8, 4) is 5.75 Å². The lowest BCUT2D eigenvalue weighted by atomic mass is 10.0. The monoisotopic (exact) mass is 250 g/mol. The highest BCUT2D eigenvalue weighted by Gasteiger charge is 2.17. The van der Waals surface area contributed by atoms with E-state index in [1.165, 1.54) is 12.1 Å². The van der Waals surface area contributed by atoms with Gasteiger partial charge in [-0.2, -0.15) is 0 Å². The van der Waals surface area contributed by atoms with Gasteiger partial charge in [-0.25, -0.2) is 0 Å². The van der Waals surface area contributed by atoms with Gasteiger partial charge in [0.15, 0.2) is 0 Å². The van der Waals surface area contributed by atoms with Crippen molar-refractivity contribution in [1.82, 2.24) is 10.2 Å². The minimum atomic E-state index is -0.101. The molecule has 1 amide bonds. The van der Waals surface area contributed by atoms with E-state index in [1.54, 1.807) is 12.1 Å². The molecule has 1 unspecified atom stereocenters. The Morgan fingerprint density at radius 1 is 1.28 bits per heavy atom. The molecule has 4 nitrogen and oxygen atoms in total. The van der Waals surface area contributed by atoms with Gasteiger partial charge in [-0.15, -0.1) is 0 Å². The molecule has 2 N–H and O–H groups in total. The average molecular weight is 250 g/mol. The molecule has 0 heterocycles. The van der Waals surface area contributed by atoms with E-state index in [9.17, 15) is 9.90 Å². The zero-order valence-corrected chi connectivity index (χ0v) is 11.5. The van der Waals surface area contributed by atoms with E-state index >= 15 is 0 Å². The Hall–Kier alpha value is -1.55. The number of likely N-dealkylation sites (N-methyl/N-ethyl adjacent to an activating group) is 1. The minimum absolute atomic E-state index is 0.101. The molecule has 0 bridgehead atoms. The maximum Gasteiger partial charge on any atom is 0.251 e. The molecule has 1 aromatic rings. The van der Waals surface area contributed by atoms with Crippen LogP contribution >= 0.6 is 0 Å². The van der Waals surface area contributed by atoms with Gasteiger partial charge < -0.3 is 15.3 Å². The number of carbonyl (C=O) groups is 1. The van der Waals surface area contributed by atoms with Crippen molar-refractivity contribution >= 4 is 5.91 Å². The Morgan fingerprint density at radius 3 is 2.28 bits per heavy atom. The Labute approximate surface area is 109 Å². The van der Waals surface area contributed by atoms with Gasteiger partial charge in [0.25, 0.3) is 5.91 Å². The number of rotatable bonds is 5. The van der Waals surface area contributed by atoms with Gasteiger partial charge in [-0.1, -0.05) is 13.8 Å². The molecule has 0 fully saturated rings. The summed E-state index contributed by atoms with van der Waals surface area (Å²) in [5.41, 5.74) is 0.567.